The molecule has 0 bridgehead atoms. The smallest absolute Gasteiger partial charge is 0.338 e. The van der Waals surface area contributed by atoms with E-state index in [4.69, 9.17) is 15.7 Å². The molecule has 0 aliphatic rings. The number of hydrogen-bond donors (Lipinski definition) is 2. The average molecular weight is 323 g/mol. The van der Waals surface area contributed by atoms with Gasteiger partial charge in [-0.1, -0.05) is 30.3 Å². The molecule has 1 atom stereocenters. The van der Waals surface area contributed by atoms with Crippen LogP contribution in [0.25, 0.3) is 0 Å². The minimum Gasteiger partial charge on any atom is -0.457 e. The quantitative estimate of drug-likeness (QED) is 0.793. The first kappa shape index (κ1) is 17.2. The van der Waals surface area contributed by atoms with E-state index in [0.717, 1.165) is 5.56 Å². The highest BCUT2D eigenvalue weighted by Gasteiger charge is 2.13. The fourth-order valence-electron chi connectivity index (χ4n) is 1.92. The first-order chi connectivity index (χ1) is 11.6. The van der Waals surface area contributed by atoms with E-state index in [9.17, 15) is 9.59 Å². The molecule has 2 rings (SSSR count). The van der Waals surface area contributed by atoms with Gasteiger partial charge in [0.1, 0.15) is 6.61 Å². The Labute approximate surface area is 139 Å². The molecule has 3 N–H and O–H groups in total. The number of rotatable bonds is 6. The molecule has 0 aliphatic heterocycles. The number of carbonyl (C=O) groups is 2. The van der Waals surface area contributed by atoms with E-state index in [1.54, 1.807) is 24.3 Å². The second-order valence-electron chi connectivity index (χ2n) is 5.10. The SMILES string of the molecule is N#CC[C@H](N)C(=O)Nc1ccc(C(=O)OCc2ccccc2)cc1. The maximum Gasteiger partial charge on any atom is 0.338 e. The number of ether oxygens (including phenoxy) is 1. The van der Waals surface area contributed by atoms with Crippen molar-refractivity contribution in [1.29, 1.82) is 5.26 Å². The molecule has 0 saturated carbocycles. The molecule has 0 aromatic heterocycles. The molecule has 0 heterocycles. The minimum absolute atomic E-state index is 0.0598. The Morgan fingerprint density at radius 3 is 2.42 bits per heavy atom. The largest absolute Gasteiger partial charge is 0.457 e. The highest BCUT2D eigenvalue weighted by Crippen LogP contribution is 2.12. The van der Waals surface area contributed by atoms with Crippen molar-refractivity contribution in [3.8, 4) is 6.07 Å². The number of esters is 1. The van der Waals surface area contributed by atoms with Crippen LogP contribution in [0.4, 0.5) is 5.69 Å². The molecular formula is C18H17N3O3. The Kier molecular flexibility index (Phi) is 6.06. The predicted molar refractivity (Wildman–Crippen MR) is 88.8 cm³/mol. The topological polar surface area (TPSA) is 105 Å². The first-order valence-electron chi connectivity index (χ1n) is 7.34. The molecule has 0 unspecified atom stereocenters. The van der Waals surface area contributed by atoms with Crippen molar-refractivity contribution in [2.75, 3.05) is 5.32 Å². The van der Waals surface area contributed by atoms with Gasteiger partial charge in [-0.2, -0.15) is 5.26 Å². The molecule has 6 nitrogen and oxygen atoms in total. The van der Waals surface area contributed by atoms with E-state index in [0.29, 0.717) is 11.3 Å². The van der Waals surface area contributed by atoms with Crippen LogP contribution in [0.5, 0.6) is 0 Å². The van der Waals surface area contributed by atoms with E-state index in [2.05, 4.69) is 5.32 Å². The number of benzene rings is 2. The monoisotopic (exact) mass is 323 g/mol. The lowest BCUT2D eigenvalue weighted by molar-refractivity contribution is -0.117. The fourth-order valence-corrected chi connectivity index (χ4v) is 1.92. The summed E-state index contributed by atoms with van der Waals surface area (Å²) in [5.41, 5.74) is 7.32. The van der Waals surface area contributed by atoms with Crippen LogP contribution >= 0.6 is 0 Å². The maximum absolute atomic E-state index is 12.0. The Balaban J connectivity index is 1.90. The fraction of sp³-hybridized carbons (Fsp3) is 0.167. The van der Waals surface area contributed by atoms with E-state index >= 15 is 0 Å². The van der Waals surface area contributed by atoms with Crippen molar-refractivity contribution < 1.29 is 14.3 Å². The molecule has 0 aliphatic carbocycles. The van der Waals surface area contributed by atoms with E-state index < -0.39 is 17.9 Å². The van der Waals surface area contributed by atoms with E-state index in [1.807, 2.05) is 36.4 Å². The average Bonchev–Trinajstić information content (AvgIpc) is 2.61. The molecule has 0 spiro atoms. The molecule has 24 heavy (non-hydrogen) atoms. The highest BCUT2D eigenvalue weighted by atomic mass is 16.5. The van der Waals surface area contributed by atoms with Gasteiger partial charge < -0.3 is 15.8 Å². The zero-order valence-corrected chi connectivity index (χ0v) is 12.9. The molecule has 0 fully saturated rings. The van der Waals surface area contributed by atoms with Gasteiger partial charge in [0.05, 0.1) is 24.1 Å². The third-order valence-electron chi connectivity index (χ3n) is 3.25. The van der Waals surface area contributed by atoms with Crippen LogP contribution in [0.15, 0.2) is 54.6 Å². The Hall–Kier alpha value is -3.17. The van der Waals surface area contributed by atoms with Crippen molar-refractivity contribution in [3.63, 3.8) is 0 Å². The Morgan fingerprint density at radius 1 is 1.12 bits per heavy atom. The highest BCUT2D eigenvalue weighted by molar-refractivity contribution is 5.95. The zero-order chi connectivity index (χ0) is 17.4. The summed E-state index contributed by atoms with van der Waals surface area (Å²) in [5.74, 6) is -0.895. The van der Waals surface area contributed by atoms with Crippen molar-refractivity contribution in [3.05, 3.63) is 65.7 Å². The second-order valence-corrected chi connectivity index (χ2v) is 5.10. The third kappa shape index (κ3) is 4.93. The zero-order valence-electron chi connectivity index (χ0n) is 12.9. The number of nitrogens with zero attached hydrogens (tertiary/aromatic N) is 1. The summed E-state index contributed by atoms with van der Waals surface area (Å²) in [6.45, 7) is 0.196. The van der Waals surface area contributed by atoms with Crippen LogP contribution in [0.1, 0.15) is 22.3 Å². The molecular weight excluding hydrogens is 306 g/mol. The van der Waals surface area contributed by atoms with Crippen LogP contribution in [0, 0.1) is 11.3 Å². The second kappa shape index (κ2) is 8.46. The summed E-state index contributed by atoms with van der Waals surface area (Å²) in [6.07, 6.45) is -0.0598. The van der Waals surface area contributed by atoms with Gasteiger partial charge in [-0.05, 0) is 29.8 Å². The maximum atomic E-state index is 12.0. The van der Waals surface area contributed by atoms with Crippen molar-refractivity contribution in [2.24, 2.45) is 5.73 Å². The molecule has 122 valence electrons. The van der Waals surface area contributed by atoms with Crippen LogP contribution in [-0.2, 0) is 16.1 Å². The van der Waals surface area contributed by atoms with Crippen molar-refractivity contribution in [1.82, 2.24) is 0 Å². The number of nitrogens with one attached hydrogen (secondary N) is 1. The van der Waals surface area contributed by atoms with Crippen molar-refractivity contribution in [2.45, 2.75) is 19.1 Å². The van der Waals surface area contributed by atoms with Gasteiger partial charge in [0.2, 0.25) is 5.91 Å². The molecule has 2 aromatic rings. The van der Waals surface area contributed by atoms with E-state index in [1.165, 1.54) is 0 Å². The summed E-state index contributed by atoms with van der Waals surface area (Å²) in [4.78, 5) is 23.7. The molecule has 2 aromatic carbocycles. The first-order valence-corrected chi connectivity index (χ1v) is 7.34. The number of hydrogen-bond acceptors (Lipinski definition) is 5. The van der Waals surface area contributed by atoms with Gasteiger partial charge in [0, 0.05) is 5.69 Å². The van der Waals surface area contributed by atoms with Crippen LogP contribution in [-0.4, -0.2) is 17.9 Å². The van der Waals surface area contributed by atoms with Gasteiger partial charge >= 0.3 is 5.97 Å². The number of carbonyl (C=O) groups excluding carboxylic acids is 2. The van der Waals surface area contributed by atoms with Gasteiger partial charge in [0.25, 0.3) is 0 Å². The Morgan fingerprint density at radius 2 is 1.79 bits per heavy atom. The lowest BCUT2D eigenvalue weighted by Crippen LogP contribution is -2.35. The van der Waals surface area contributed by atoms with Gasteiger partial charge in [-0.3, -0.25) is 4.79 Å². The molecule has 0 radical (unpaired) electrons. The van der Waals surface area contributed by atoms with E-state index in [-0.39, 0.29) is 13.0 Å². The van der Waals surface area contributed by atoms with Gasteiger partial charge in [-0.15, -0.1) is 0 Å². The lowest BCUT2D eigenvalue weighted by Gasteiger charge is -2.10. The molecule has 6 heteroatoms. The van der Waals surface area contributed by atoms with Crippen LogP contribution in [0.3, 0.4) is 0 Å². The number of amides is 1. The molecule has 1 amide bonds. The summed E-state index contributed by atoms with van der Waals surface area (Å²) in [6, 6.07) is 16.6. The molecule has 0 saturated heterocycles. The summed E-state index contributed by atoms with van der Waals surface area (Å²) < 4.78 is 5.22. The number of nitrogens with two attached hydrogens (primary N) is 1. The third-order valence-corrected chi connectivity index (χ3v) is 3.25. The van der Waals surface area contributed by atoms with Crippen LogP contribution in [0.2, 0.25) is 0 Å². The van der Waals surface area contributed by atoms with Crippen LogP contribution < -0.4 is 11.1 Å². The number of anilines is 1. The summed E-state index contributed by atoms with van der Waals surface area (Å²) in [5, 5.41) is 11.1. The van der Waals surface area contributed by atoms with Gasteiger partial charge in [-0.25, -0.2) is 4.79 Å². The minimum atomic E-state index is -0.884. The predicted octanol–water partition coefficient (Wildman–Crippen LogP) is 2.22. The standard InChI is InChI=1S/C18H17N3O3/c19-11-10-16(20)17(22)21-15-8-6-14(7-9-15)18(23)24-12-13-4-2-1-3-5-13/h1-9,16H,10,12,20H2,(H,21,22)/t16-/m0/s1. The lowest BCUT2D eigenvalue weighted by atomic mass is 10.2. The summed E-state index contributed by atoms with van der Waals surface area (Å²) in [7, 11) is 0. The Bertz CT molecular complexity index is 736. The van der Waals surface area contributed by atoms with Gasteiger partial charge in [0.15, 0.2) is 0 Å². The number of nitriles is 1. The summed E-state index contributed by atoms with van der Waals surface area (Å²) >= 11 is 0. The van der Waals surface area contributed by atoms with Crippen molar-refractivity contribution >= 4 is 17.6 Å². The normalized spacial score (nSPS) is 11.2.